The maximum atomic E-state index is 10.6. The van der Waals surface area contributed by atoms with Crippen LogP contribution >= 0.6 is 8.03 Å². The molecule has 0 aliphatic carbocycles. The average Bonchev–Trinajstić information content (AvgIpc) is 2.17. The minimum atomic E-state index is -2.34. The Kier molecular flexibility index (Phi) is 3.03. The Labute approximate surface area is 89.9 Å². The fraction of sp³-hybridized carbons (Fsp3) is 0.455. The first-order chi connectivity index (χ1) is 7.15. The summed E-state index contributed by atoms with van der Waals surface area (Å²) >= 11 is 0. The summed E-state index contributed by atoms with van der Waals surface area (Å²) in [6.07, 6.45) is 1.66. The van der Waals surface area contributed by atoms with Gasteiger partial charge in [0.05, 0.1) is 0 Å². The van der Waals surface area contributed by atoms with Crippen LogP contribution in [0.3, 0.4) is 0 Å². The number of rotatable bonds is 2. The van der Waals surface area contributed by atoms with Gasteiger partial charge in [0.1, 0.15) is 11.9 Å². The lowest BCUT2D eigenvalue weighted by Gasteiger charge is -2.23. The molecule has 1 heterocycles. The predicted octanol–water partition coefficient (Wildman–Crippen LogP) is 1.79. The first-order valence-electron chi connectivity index (χ1n) is 5.03. The van der Waals surface area contributed by atoms with Gasteiger partial charge in [0.25, 0.3) is 0 Å². The quantitative estimate of drug-likeness (QED) is 0.719. The molecule has 15 heavy (non-hydrogen) atoms. The number of fused-ring (bicyclic) bond motifs is 1. The summed E-state index contributed by atoms with van der Waals surface area (Å²) in [7, 11) is -2.34. The summed E-state index contributed by atoms with van der Waals surface area (Å²) in [5.74, 6) is 0.841. The Balaban J connectivity index is 2.13. The molecular weight excluding hydrogens is 211 g/mol. The van der Waals surface area contributed by atoms with Crippen LogP contribution in [0.25, 0.3) is 0 Å². The lowest BCUT2D eigenvalue weighted by molar-refractivity contribution is -0.165. The molecule has 0 amide bonds. The highest BCUT2D eigenvalue weighted by molar-refractivity contribution is 7.36. The average molecular weight is 224 g/mol. The molecule has 0 N–H and O–H groups in total. The summed E-state index contributed by atoms with van der Waals surface area (Å²) in [4.78, 5) is 10.6. The van der Waals surface area contributed by atoms with Crippen molar-refractivity contribution in [3.63, 3.8) is 0 Å². The highest BCUT2D eigenvalue weighted by Crippen LogP contribution is 2.30. The molecule has 1 aromatic carbocycles. The molecular formula is C11H13O3P. The standard InChI is InChI=1S/C11H13O3P/c1-8-2-5-11-9(6-8)3-4-10(14-11)7-15(12)13/h2,5-6,10H,3-4,7H2,1H3. The molecule has 3 nitrogen and oxygen atoms in total. The molecule has 80 valence electrons. The van der Waals surface area contributed by atoms with Crippen LogP contribution in [0, 0.1) is 6.92 Å². The molecule has 0 bridgehead atoms. The van der Waals surface area contributed by atoms with Gasteiger partial charge in [0, 0.05) is 0 Å². The van der Waals surface area contributed by atoms with Gasteiger partial charge in [-0.05, 0) is 31.4 Å². The van der Waals surface area contributed by atoms with Crippen molar-refractivity contribution in [3.05, 3.63) is 29.3 Å². The van der Waals surface area contributed by atoms with Crippen LogP contribution in [0.1, 0.15) is 17.5 Å². The van der Waals surface area contributed by atoms with Crippen molar-refractivity contribution in [1.82, 2.24) is 0 Å². The molecule has 2 atom stereocenters. The van der Waals surface area contributed by atoms with Gasteiger partial charge in [-0.25, -0.2) is 0 Å². The van der Waals surface area contributed by atoms with Gasteiger partial charge in [-0.1, -0.05) is 22.3 Å². The van der Waals surface area contributed by atoms with Crippen LogP contribution in [-0.4, -0.2) is 12.3 Å². The minimum absolute atomic E-state index is 0.128. The highest BCUT2D eigenvalue weighted by atomic mass is 31.1. The van der Waals surface area contributed by atoms with E-state index in [-0.39, 0.29) is 12.3 Å². The van der Waals surface area contributed by atoms with Gasteiger partial charge in [-0.3, -0.25) is 0 Å². The van der Waals surface area contributed by atoms with E-state index in [1.165, 1.54) is 11.1 Å². The van der Waals surface area contributed by atoms with Gasteiger partial charge in [-0.15, -0.1) is 0 Å². The van der Waals surface area contributed by atoms with Crippen LogP contribution in [0.4, 0.5) is 0 Å². The molecule has 2 rings (SSSR count). The van der Waals surface area contributed by atoms with E-state index in [1.807, 2.05) is 19.1 Å². The van der Waals surface area contributed by atoms with Crippen LogP contribution in [0.2, 0.25) is 0 Å². The summed E-state index contributed by atoms with van der Waals surface area (Å²) in [5.41, 5.74) is 2.40. The van der Waals surface area contributed by atoms with E-state index in [1.54, 1.807) is 0 Å². The zero-order chi connectivity index (χ0) is 10.8. The second-order valence-corrected chi connectivity index (χ2v) is 4.94. The van der Waals surface area contributed by atoms with Crippen molar-refractivity contribution in [1.29, 1.82) is 0 Å². The van der Waals surface area contributed by atoms with Gasteiger partial charge >= 0.3 is 8.03 Å². The van der Waals surface area contributed by atoms with Crippen molar-refractivity contribution in [2.75, 3.05) is 6.16 Å². The smallest absolute Gasteiger partial charge is 0.312 e. The third kappa shape index (κ3) is 2.55. The SMILES string of the molecule is Cc1ccc2c(c1)CCC(C[P+](=O)[O-])O2. The monoisotopic (exact) mass is 224 g/mol. The number of hydrogen-bond donors (Lipinski definition) is 0. The minimum Gasteiger partial charge on any atom is -0.595 e. The summed E-state index contributed by atoms with van der Waals surface area (Å²) < 4.78 is 16.2. The maximum absolute atomic E-state index is 10.6. The van der Waals surface area contributed by atoms with Gasteiger partial charge in [-0.2, -0.15) is 0 Å². The zero-order valence-electron chi connectivity index (χ0n) is 8.60. The molecule has 0 saturated carbocycles. The number of hydrogen-bond acceptors (Lipinski definition) is 3. The Morgan fingerprint density at radius 1 is 1.60 bits per heavy atom. The van der Waals surface area contributed by atoms with Crippen molar-refractivity contribution in [3.8, 4) is 5.75 Å². The number of ether oxygens (including phenoxy) is 1. The van der Waals surface area contributed by atoms with E-state index in [0.29, 0.717) is 0 Å². The van der Waals surface area contributed by atoms with Crippen LogP contribution in [-0.2, 0) is 11.0 Å². The summed E-state index contributed by atoms with van der Waals surface area (Å²) in [5, 5.41) is 0. The van der Waals surface area contributed by atoms with E-state index >= 15 is 0 Å². The van der Waals surface area contributed by atoms with E-state index in [0.717, 1.165) is 18.6 Å². The molecule has 1 aliphatic rings. The first kappa shape index (κ1) is 10.6. The second-order valence-electron chi connectivity index (χ2n) is 3.91. The van der Waals surface area contributed by atoms with E-state index in [9.17, 15) is 9.46 Å². The fourth-order valence-corrected chi connectivity index (χ4v) is 2.46. The van der Waals surface area contributed by atoms with Gasteiger partial charge < -0.3 is 9.63 Å². The maximum Gasteiger partial charge on any atom is 0.312 e. The molecule has 0 radical (unpaired) electrons. The lowest BCUT2D eigenvalue weighted by atomic mass is 10.0. The summed E-state index contributed by atoms with van der Waals surface area (Å²) in [6.45, 7) is 2.04. The lowest BCUT2D eigenvalue weighted by Crippen LogP contribution is -2.26. The summed E-state index contributed by atoms with van der Waals surface area (Å²) in [6, 6.07) is 6.01. The molecule has 0 spiro atoms. The molecule has 4 heteroatoms. The van der Waals surface area contributed by atoms with E-state index < -0.39 is 8.03 Å². The second kappa shape index (κ2) is 4.30. The predicted molar refractivity (Wildman–Crippen MR) is 56.4 cm³/mol. The van der Waals surface area contributed by atoms with Crippen LogP contribution < -0.4 is 9.63 Å². The zero-order valence-corrected chi connectivity index (χ0v) is 9.50. The Hall–Kier alpha value is -0.920. The number of benzene rings is 1. The van der Waals surface area contributed by atoms with Crippen molar-refractivity contribution >= 4 is 8.03 Å². The fourth-order valence-electron chi connectivity index (χ4n) is 1.87. The highest BCUT2D eigenvalue weighted by Gasteiger charge is 2.23. The van der Waals surface area contributed by atoms with Gasteiger partial charge in [0.15, 0.2) is 6.16 Å². The number of aryl methyl sites for hydroxylation is 2. The van der Waals surface area contributed by atoms with Crippen LogP contribution in [0.15, 0.2) is 18.2 Å². The van der Waals surface area contributed by atoms with Crippen LogP contribution in [0.5, 0.6) is 5.75 Å². The molecule has 2 unspecified atom stereocenters. The molecule has 1 aromatic rings. The third-order valence-corrected chi connectivity index (χ3v) is 3.30. The molecule has 0 fully saturated rings. The normalized spacial score (nSPS) is 20.4. The molecule has 0 saturated heterocycles. The Bertz CT molecular complexity index is 389. The Morgan fingerprint density at radius 3 is 3.13 bits per heavy atom. The first-order valence-corrected chi connectivity index (χ1v) is 6.39. The van der Waals surface area contributed by atoms with E-state index in [2.05, 4.69) is 6.07 Å². The van der Waals surface area contributed by atoms with Crippen molar-refractivity contribution in [2.24, 2.45) is 0 Å². The molecule has 1 aliphatic heterocycles. The Morgan fingerprint density at radius 2 is 2.40 bits per heavy atom. The van der Waals surface area contributed by atoms with E-state index in [4.69, 9.17) is 4.74 Å². The topological polar surface area (TPSA) is 49.4 Å². The third-order valence-electron chi connectivity index (χ3n) is 2.60. The van der Waals surface area contributed by atoms with Crippen molar-refractivity contribution in [2.45, 2.75) is 25.9 Å². The molecule has 0 aromatic heterocycles. The van der Waals surface area contributed by atoms with Gasteiger partial charge in [0.2, 0.25) is 0 Å². The van der Waals surface area contributed by atoms with Crippen molar-refractivity contribution < 1.29 is 14.2 Å². The largest absolute Gasteiger partial charge is 0.595 e.